The number of carboxylic acid groups (broad SMARTS) is 1. The van der Waals surface area contributed by atoms with E-state index in [1.807, 2.05) is 6.92 Å². The second-order valence-corrected chi connectivity index (χ2v) is 5.17. The van der Waals surface area contributed by atoms with E-state index in [1.54, 1.807) is 18.2 Å². The van der Waals surface area contributed by atoms with Crippen LogP contribution in [0.1, 0.15) is 18.1 Å². The molecule has 0 aromatic heterocycles. The quantitative estimate of drug-likeness (QED) is 0.634. The smallest absolute Gasteiger partial charge is 0.332 e. The van der Waals surface area contributed by atoms with Crippen LogP contribution in [0.25, 0.3) is 5.70 Å². The Morgan fingerprint density at radius 3 is 2.56 bits per heavy atom. The first kappa shape index (κ1) is 18.3. The van der Waals surface area contributed by atoms with Crippen molar-refractivity contribution in [1.29, 1.82) is 0 Å². The van der Waals surface area contributed by atoms with Gasteiger partial charge in [0.05, 0.1) is 5.70 Å². The van der Waals surface area contributed by atoms with E-state index in [0.717, 1.165) is 18.1 Å². The molecular weight excluding hydrogens is 329 g/mol. The van der Waals surface area contributed by atoms with E-state index in [0.29, 0.717) is 5.56 Å². The number of hydrogen-bond donors (Lipinski definition) is 3. The molecule has 0 saturated carbocycles. The van der Waals surface area contributed by atoms with Crippen molar-refractivity contribution < 1.29 is 29.0 Å². The molecule has 0 saturated heterocycles. The molecule has 0 heterocycles. The fourth-order valence-corrected chi connectivity index (χ4v) is 2.00. The monoisotopic (exact) mass is 347 g/mol. The van der Waals surface area contributed by atoms with Gasteiger partial charge in [-0.05, 0) is 42.3 Å². The number of aryl methyl sites for hydroxylation is 1. The maximum Gasteiger partial charge on any atom is 0.332 e. The van der Waals surface area contributed by atoms with Gasteiger partial charge in [0.1, 0.15) is 0 Å². The van der Waals surface area contributed by atoms with Gasteiger partial charge in [-0.2, -0.15) is 0 Å². The zero-order valence-electron chi connectivity index (χ0n) is 13.6. The molecule has 2 rings (SSSR count). The van der Waals surface area contributed by atoms with Crippen LogP contribution in [0.5, 0.6) is 17.2 Å². The number of phenols is 1. The van der Waals surface area contributed by atoms with E-state index >= 15 is 0 Å². The molecule has 0 aliphatic carbocycles. The molecule has 0 aliphatic heterocycles. The van der Waals surface area contributed by atoms with Crippen LogP contribution in [0.4, 0.5) is 4.39 Å². The van der Waals surface area contributed by atoms with E-state index in [9.17, 15) is 14.3 Å². The van der Waals surface area contributed by atoms with Gasteiger partial charge in [0.2, 0.25) is 0 Å². The Morgan fingerprint density at radius 1 is 1.24 bits per heavy atom. The predicted molar refractivity (Wildman–Crippen MR) is 89.7 cm³/mol. The Morgan fingerprint density at radius 2 is 1.96 bits per heavy atom. The predicted octanol–water partition coefficient (Wildman–Crippen LogP) is 3.46. The summed E-state index contributed by atoms with van der Waals surface area (Å²) in [5.41, 5.74) is 3.82. The highest BCUT2D eigenvalue weighted by atomic mass is 19.1. The van der Waals surface area contributed by atoms with Gasteiger partial charge in [-0.15, -0.1) is 0 Å². The zero-order chi connectivity index (χ0) is 18.4. The second-order valence-electron chi connectivity index (χ2n) is 5.17. The number of aliphatic carboxylic acids is 1. The lowest BCUT2D eigenvalue weighted by Crippen LogP contribution is -2.18. The van der Waals surface area contributed by atoms with Gasteiger partial charge >= 0.3 is 5.97 Å². The number of nitrogens with one attached hydrogen (secondary N) is 1. The van der Waals surface area contributed by atoms with Gasteiger partial charge in [-0.25, -0.2) is 9.18 Å². The number of carboxylic acids is 1. The summed E-state index contributed by atoms with van der Waals surface area (Å²) in [6.07, 6.45) is 0.760. The molecule has 0 atom stereocenters. The molecule has 0 fully saturated rings. The molecule has 2 aromatic rings. The number of hydrogen-bond acceptors (Lipinski definition) is 5. The van der Waals surface area contributed by atoms with Gasteiger partial charge < -0.3 is 14.9 Å². The van der Waals surface area contributed by atoms with Gasteiger partial charge in [-0.3, -0.25) is 10.3 Å². The molecule has 3 N–H and O–H groups in total. The standard InChI is InChI=1S/C18H18FNO5/c1-3-12-4-6-17(15(21)8-12)25-16-7-5-13(9-14(16)19)11(2)20-24-10-18(22)23/h4-9,20-21H,2-3,10H2,1H3,(H,22,23). The first-order chi connectivity index (χ1) is 11.9. The van der Waals surface area contributed by atoms with Crippen LogP contribution < -0.4 is 10.2 Å². The molecule has 0 spiro atoms. The third-order valence-electron chi connectivity index (χ3n) is 3.32. The Bertz CT molecular complexity index is 791. The van der Waals surface area contributed by atoms with Crippen LogP contribution in [-0.4, -0.2) is 22.8 Å². The lowest BCUT2D eigenvalue weighted by molar-refractivity contribution is -0.143. The maximum atomic E-state index is 14.2. The van der Waals surface area contributed by atoms with Crippen molar-refractivity contribution >= 4 is 11.7 Å². The minimum absolute atomic E-state index is 0.0671. The summed E-state index contributed by atoms with van der Waals surface area (Å²) in [6.45, 7) is 5.03. The van der Waals surface area contributed by atoms with Crippen molar-refractivity contribution in [2.24, 2.45) is 0 Å². The second kappa shape index (κ2) is 8.16. The average molecular weight is 347 g/mol. The largest absolute Gasteiger partial charge is 0.504 e. The lowest BCUT2D eigenvalue weighted by atomic mass is 10.1. The minimum Gasteiger partial charge on any atom is -0.504 e. The number of benzene rings is 2. The molecule has 0 unspecified atom stereocenters. The van der Waals surface area contributed by atoms with Crippen LogP contribution in [0.3, 0.4) is 0 Å². The maximum absolute atomic E-state index is 14.2. The molecule has 0 radical (unpaired) electrons. The summed E-state index contributed by atoms with van der Waals surface area (Å²) >= 11 is 0. The topological polar surface area (TPSA) is 88.0 Å². The van der Waals surface area contributed by atoms with Crippen molar-refractivity contribution in [2.45, 2.75) is 13.3 Å². The summed E-state index contributed by atoms with van der Waals surface area (Å²) in [6, 6.07) is 8.98. The highest BCUT2D eigenvalue weighted by Gasteiger charge is 2.11. The highest BCUT2D eigenvalue weighted by Crippen LogP contribution is 2.33. The Balaban J connectivity index is 2.09. The fraction of sp³-hybridized carbons (Fsp3) is 0.167. The number of aromatic hydroxyl groups is 1. The van der Waals surface area contributed by atoms with Gasteiger partial charge in [0.15, 0.2) is 29.7 Å². The number of ether oxygens (including phenoxy) is 1. The van der Waals surface area contributed by atoms with Crippen LogP contribution >= 0.6 is 0 Å². The third-order valence-corrected chi connectivity index (χ3v) is 3.32. The van der Waals surface area contributed by atoms with Crippen LogP contribution in [-0.2, 0) is 16.1 Å². The molecule has 0 bridgehead atoms. The summed E-state index contributed by atoms with van der Waals surface area (Å²) in [5.74, 6) is -1.81. The number of halogens is 1. The third kappa shape index (κ3) is 4.95. The normalized spacial score (nSPS) is 10.3. The van der Waals surface area contributed by atoms with E-state index in [-0.39, 0.29) is 22.9 Å². The van der Waals surface area contributed by atoms with Crippen LogP contribution in [0.2, 0.25) is 0 Å². The number of phenolic OH excluding ortho intramolecular Hbond substituents is 1. The minimum atomic E-state index is -1.15. The van der Waals surface area contributed by atoms with E-state index in [1.165, 1.54) is 12.1 Å². The molecule has 7 heteroatoms. The molecule has 0 amide bonds. The van der Waals surface area contributed by atoms with Gasteiger partial charge in [-0.1, -0.05) is 19.6 Å². The van der Waals surface area contributed by atoms with Crippen LogP contribution in [0, 0.1) is 5.82 Å². The Labute approximate surface area is 144 Å². The summed E-state index contributed by atoms with van der Waals surface area (Å²) < 4.78 is 19.6. The van der Waals surface area contributed by atoms with E-state index in [4.69, 9.17) is 9.84 Å². The zero-order valence-corrected chi connectivity index (χ0v) is 13.6. The van der Waals surface area contributed by atoms with Crippen molar-refractivity contribution in [3.8, 4) is 17.2 Å². The molecule has 25 heavy (non-hydrogen) atoms. The lowest BCUT2D eigenvalue weighted by Gasteiger charge is -2.12. The highest BCUT2D eigenvalue weighted by molar-refractivity contribution is 5.68. The first-order valence-corrected chi connectivity index (χ1v) is 7.49. The SMILES string of the molecule is C=C(NOCC(=O)O)c1ccc(Oc2ccc(CC)cc2O)c(F)c1. The summed E-state index contributed by atoms with van der Waals surface area (Å²) in [7, 11) is 0. The first-order valence-electron chi connectivity index (χ1n) is 7.49. The van der Waals surface area contributed by atoms with Gasteiger partial charge in [0.25, 0.3) is 0 Å². The van der Waals surface area contributed by atoms with Crippen molar-refractivity contribution in [2.75, 3.05) is 6.61 Å². The summed E-state index contributed by atoms with van der Waals surface area (Å²) in [5, 5.41) is 18.4. The molecule has 2 aromatic carbocycles. The number of rotatable bonds is 8. The van der Waals surface area contributed by atoms with E-state index in [2.05, 4.69) is 16.9 Å². The fourth-order valence-electron chi connectivity index (χ4n) is 2.00. The molecule has 6 nitrogen and oxygen atoms in total. The summed E-state index contributed by atoms with van der Waals surface area (Å²) in [4.78, 5) is 15.0. The molecular formula is C18H18FNO5. The van der Waals surface area contributed by atoms with Crippen molar-refractivity contribution in [1.82, 2.24) is 5.48 Å². The van der Waals surface area contributed by atoms with Gasteiger partial charge in [0, 0.05) is 5.56 Å². The van der Waals surface area contributed by atoms with E-state index < -0.39 is 18.4 Å². The van der Waals surface area contributed by atoms with Crippen LogP contribution in [0.15, 0.2) is 43.0 Å². The Hall–Kier alpha value is -3.06. The average Bonchev–Trinajstić information content (AvgIpc) is 2.57. The number of hydroxylamine groups is 1. The molecule has 132 valence electrons. The van der Waals surface area contributed by atoms with Crippen molar-refractivity contribution in [3.63, 3.8) is 0 Å². The molecule has 0 aliphatic rings. The Kier molecular flexibility index (Phi) is 5.97. The van der Waals surface area contributed by atoms with Crippen molar-refractivity contribution in [3.05, 3.63) is 59.9 Å². The number of carbonyl (C=O) groups is 1.